The summed E-state index contributed by atoms with van der Waals surface area (Å²) in [6, 6.07) is 24.8. The largest absolute Gasteiger partial charge is 0.479 e. The number of fused-ring (bicyclic) bond motifs is 3. The summed E-state index contributed by atoms with van der Waals surface area (Å²) < 4.78 is 11.0. The molecule has 3 aromatic rings. The molecule has 9 nitrogen and oxygen atoms in total. The average Bonchev–Trinajstić information content (AvgIpc) is 3.56. The summed E-state index contributed by atoms with van der Waals surface area (Å²) in [5.74, 6) is -1.91. The summed E-state index contributed by atoms with van der Waals surface area (Å²) in [4.78, 5) is 40.3. The lowest BCUT2D eigenvalue weighted by Gasteiger charge is -2.29. The first-order valence-electron chi connectivity index (χ1n) is 13.3. The minimum Gasteiger partial charge on any atom is -0.479 e. The molecular weight excluding hydrogens is 510 g/mol. The quantitative estimate of drug-likeness (QED) is 0.359. The molecule has 40 heavy (non-hydrogen) atoms. The number of benzene rings is 3. The molecule has 0 spiro atoms. The highest BCUT2D eigenvalue weighted by Gasteiger charge is 2.45. The summed E-state index contributed by atoms with van der Waals surface area (Å²) in [7, 11) is 1.83. The predicted molar refractivity (Wildman–Crippen MR) is 149 cm³/mol. The maximum Gasteiger partial charge on any atom is 0.407 e. The Kier molecular flexibility index (Phi) is 8.14. The molecule has 0 aromatic heterocycles. The summed E-state index contributed by atoms with van der Waals surface area (Å²) in [5, 5.41) is 15.1. The van der Waals surface area contributed by atoms with Crippen molar-refractivity contribution in [3.8, 4) is 11.1 Å². The lowest BCUT2D eigenvalue weighted by atomic mass is 9.98. The van der Waals surface area contributed by atoms with E-state index in [2.05, 4.69) is 22.8 Å². The van der Waals surface area contributed by atoms with Gasteiger partial charge in [0.1, 0.15) is 12.6 Å². The van der Waals surface area contributed by atoms with Gasteiger partial charge in [0.05, 0.1) is 6.61 Å². The molecule has 2 atom stereocenters. The fourth-order valence-electron chi connectivity index (χ4n) is 5.46. The van der Waals surface area contributed by atoms with E-state index < -0.39 is 29.6 Å². The number of ether oxygens (including phenoxy) is 2. The first kappa shape index (κ1) is 27.4. The van der Waals surface area contributed by atoms with Crippen molar-refractivity contribution in [2.24, 2.45) is 0 Å². The van der Waals surface area contributed by atoms with Gasteiger partial charge in [0.25, 0.3) is 0 Å². The summed E-state index contributed by atoms with van der Waals surface area (Å²) in [5.41, 5.74) is 3.90. The normalized spacial score (nSPS) is 18.6. The number of carboxylic acids is 1. The van der Waals surface area contributed by atoms with Crippen LogP contribution in [0, 0.1) is 0 Å². The number of nitrogens with zero attached hydrogens (tertiary/aromatic N) is 1. The van der Waals surface area contributed by atoms with Crippen molar-refractivity contribution < 1.29 is 29.0 Å². The van der Waals surface area contributed by atoms with Crippen LogP contribution in [0.4, 0.5) is 4.79 Å². The van der Waals surface area contributed by atoms with Gasteiger partial charge in [-0.1, -0.05) is 78.9 Å². The number of aliphatic carboxylic acids is 1. The van der Waals surface area contributed by atoms with Gasteiger partial charge in [-0.25, -0.2) is 9.59 Å². The van der Waals surface area contributed by atoms with Gasteiger partial charge in [0.15, 0.2) is 5.54 Å². The van der Waals surface area contributed by atoms with Gasteiger partial charge in [-0.2, -0.15) is 0 Å². The lowest BCUT2D eigenvalue weighted by Crippen LogP contribution is -2.61. The Balaban J connectivity index is 1.28. The highest BCUT2D eigenvalue weighted by molar-refractivity contribution is 5.91. The van der Waals surface area contributed by atoms with Crippen LogP contribution in [0.2, 0.25) is 0 Å². The van der Waals surface area contributed by atoms with Crippen LogP contribution in [0.3, 0.4) is 0 Å². The molecule has 9 heteroatoms. The Hall–Kier alpha value is -4.21. The van der Waals surface area contributed by atoms with Gasteiger partial charge in [-0.3, -0.25) is 9.69 Å². The first-order chi connectivity index (χ1) is 19.4. The second kappa shape index (κ2) is 11.9. The van der Waals surface area contributed by atoms with Gasteiger partial charge >= 0.3 is 12.1 Å². The Morgan fingerprint density at radius 2 is 1.62 bits per heavy atom. The number of amides is 2. The van der Waals surface area contributed by atoms with E-state index in [9.17, 15) is 19.5 Å². The Morgan fingerprint density at radius 1 is 1.00 bits per heavy atom. The number of rotatable bonds is 10. The zero-order chi connectivity index (χ0) is 28.1. The van der Waals surface area contributed by atoms with Crippen LogP contribution in [-0.4, -0.2) is 73.0 Å². The first-order valence-corrected chi connectivity index (χ1v) is 13.3. The molecule has 0 bridgehead atoms. The lowest BCUT2D eigenvalue weighted by molar-refractivity contribution is -0.148. The number of hydrogen-bond acceptors (Lipinski definition) is 6. The molecule has 0 saturated carbocycles. The minimum atomic E-state index is -1.53. The second-order valence-corrected chi connectivity index (χ2v) is 10.4. The van der Waals surface area contributed by atoms with E-state index in [4.69, 9.17) is 9.47 Å². The Bertz CT molecular complexity index is 1330. The van der Waals surface area contributed by atoms with Crippen molar-refractivity contribution in [3.63, 3.8) is 0 Å². The third-order valence-electron chi connectivity index (χ3n) is 7.54. The van der Waals surface area contributed by atoms with Crippen LogP contribution in [0.25, 0.3) is 11.1 Å². The van der Waals surface area contributed by atoms with E-state index in [1.54, 1.807) is 0 Å². The number of nitrogens with one attached hydrogen (secondary N) is 2. The SMILES string of the molecule is CN(Cc1ccccc1)CC(NC(=O)OCC1c2ccccc2-c2ccccc21)C(=O)NC1(C(=O)O)CCOC1. The van der Waals surface area contributed by atoms with Gasteiger partial charge < -0.3 is 25.2 Å². The molecule has 2 unspecified atom stereocenters. The van der Waals surface area contributed by atoms with Crippen molar-refractivity contribution in [2.75, 3.05) is 33.4 Å². The molecule has 1 heterocycles. The molecule has 0 radical (unpaired) electrons. The number of carboxylic acid groups (broad SMARTS) is 1. The van der Waals surface area contributed by atoms with Crippen LogP contribution >= 0.6 is 0 Å². The average molecular weight is 544 g/mol. The third-order valence-corrected chi connectivity index (χ3v) is 7.54. The highest BCUT2D eigenvalue weighted by Crippen LogP contribution is 2.44. The van der Waals surface area contributed by atoms with Crippen molar-refractivity contribution in [2.45, 2.75) is 30.5 Å². The van der Waals surface area contributed by atoms with Gasteiger partial charge in [0, 0.05) is 32.0 Å². The number of carbonyl (C=O) groups excluding carboxylic acids is 2. The molecule has 3 aromatic carbocycles. The smallest absolute Gasteiger partial charge is 0.407 e. The highest BCUT2D eigenvalue weighted by atomic mass is 16.5. The molecule has 2 amide bonds. The molecular formula is C31H33N3O6. The number of alkyl carbamates (subject to hydrolysis) is 1. The van der Waals surface area contributed by atoms with Crippen molar-refractivity contribution in [1.29, 1.82) is 0 Å². The van der Waals surface area contributed by atoms with E-state index in [-0.39, 0.29) is 38.7 Å². The van der Waals surface area contributed by atoms with Crippen molar-refractivity contribution in [1.82, 2.24) is 15.5 Å². The molecule has 2 aliphatic rings. The van der Waals surface area contributed by atoms with Crippen LogP contribution < -0.4 is 10.6 Å². The summed E-state index contributed by atoms with van der Waals surface area (Å²) >= 11 is 0. The predicted octanol–water partition coefficient (Wildman–Crippen LogP) is 3.39. The van der Waals surface area contributed by atoms with Gasteiger partial charge in [-0.15, -0.1) is 0 Å². The molecule has 1 fully saturated rings. The second-order valence-electron chi connectivity index (χ2n) is 10.4. The molecule has 208 valence electrons. The van der Waals surface area contributed by atoms with E-state index in [1.165, 1.54) is 0 Å². The van der Waals surface area contributed by atoms with Gasteiger partial charge in [0.2, 0.25) is 5.91 Å². The summed E-state index contributed by atoms with van der Waals surface area (Å²) in [6.45, 7) is 0.864. The van der Waals surface area contributed by atoms with Crippen molar-refractivity contribution >= 4 is 18.0 Å². The zero-order valence-electron chi connectivity index (χ0n) is 22.3. The number of carbonyl (C=O) groups is 3. The number of hydrogen-bond donors (Lipinski definition) is 3. The molecule has 1 saturated heterocycles. The Labute approximate surface area is 233 Å². The van der Waals surface area contributed by atoms with E-state index in [1.807, 2.05) is 78.7 Å². The summed E-state index contributed by atoms with van der Waals surface area (Å²) in [6.07, 6.45) is -0.604. The third kappa shape index (κ3) is 5.85. The van der Waals surface area contributed by atoms with Crippen LogP contribution in [0.5, 0.6) is 0 Å². The maximum atomic E-state index is 13.4. The fourth-order valence-corrected chi connectivity index (χ4v) is 5.46. The zero-order valence-corrected chi connectivity index (χ0v) is 22.3. The minimum absolute atomic E-state index is 0.0982. The van der Waals surface area contributed by atoms with Crippen LogP contribution in [-0.2, 0) is 25.6 Å². The van der Waals surface area contributed by atoms with Crippen molar-refractivity contribution in [3.05, 3.63) is 95.6 Å². The maximum absolute atomic E-state index is 13.4. The fraction of sp³-hybridized carbons (Fsp3) is 0.323. The topological polar surface area (TPSA) is 117 Å². The van der Waals surface area contributed by atoms with Crippen LogP contribution in [0.15, 0.2) is 78.9 Å². The van der Waals surface area contributed by atoms with Gasteiger partial charge in [-0.05, 0) is 34.9 Å². The Morgan fingerprint density at radius 3 is 2.23 bits per heavy atom. The standard InChI is InChI=1S/C31H33N3O6/c1-34(17-21-9-3-2-4-10-21)18-27(28(35)33-31(29(36)37)15-16-39-20-31)32-30(38)40-19-26-24-13-7-5-11-22(24)23-12-6-8-14-25(23)26/h2-14,26-27H,15-20H2,1H3,(H,32,38)(H,33,35)(H,36,37). The molecule has 3 N–H and O–H groups in total. The molecule has 1 aliphatic heterocycles. The van der Waals surface area contributed by atoms with E-state index >= 15 is 0 Å². The van der Waals surface area contributed by atoms with E-state index in [0.717, 1.165) is 27.8 Å². The van der Waals surface area contributed by atoms with E-state index in [0.29, 0.717) is 6.54 Å². The van der Waals surface area contributed by atoms with Crippen LogP contribution in [0.1, 0.15) is 29.0 Å². The molecule has 5 rings (SSSR count). The number of likely N-dealkylation sites (N-methyl/N-ethyl adjacent to an activating group) is 1. The monoisotopic (exact) mass is 543 g/mol. The molecule has 1 aliphatic carbocycles.